The summed E-state index contributed by atoms with van der Waals surface area (Å²) in [6.45, 7) is 3.88. The van der Waals surface area contributed by atoms with Gasteiger partial charge in [-0.25, -0.2) is 0 Å². The molecule has 0 aromatic carbocycles. The Morgan fingerprint density at radius 2 is 1.22 bits per heavy atom. The molecular formula is C14H14N4. The van der Waals surface area contributed by atoms with Gasteiger partial charge in [-0.3, -0.25) is 9.97 Å². The summed E-state index contributed by atoms with van der Waals surface area (Å²) in [7, 11) is 0. The quantitative estimate of drug-likeness (QED) is 0.609. The molecule has 0 aliphatic rings. The van der Waals surface area contributed by atoms with Crippen LogP contribution in [-0.4, -0.2) is 22.4 Å². The Balaban J connectivity index is 2.03. The molecule has 18 heavy (non-hydrogen) atoms. The van der Waals surface area contributed by atoms with E-state index >= 15 is 0 Å². The number of hydrogen-bond acceptors (Lipinski definition) is 4. The van der Waals surface area contributed by atoms with Crippen LogP contribution in [0.1, 0.15) is 22.8 Å². The fourth-order valence-corrected chi connectivity index (χ4v) is 1.46. The zero-order valence-electron chi connectivity index (χ0n) is 10.4. The van der Waals surface area contributed by atoms with E-state index in [1.54, 1.807) is 12.4 Å². The normalized spacial score (nSPS) is 11.4. The molecule has 0 aliphatic carbocycles. The summed E-state index contributed by atoms with van der Waals surface area (Å²) in [5.41, 5.74) is 3.51. The minimum absolute atomic E-state index is 0.796. The maximum absolute atomic E-state index is 4.29. The molecule has 2 rings (SSSR count). The van der Waals surface area contributed by atoms with Crippen LogP contribution >= 0.6 is 0 Å². The molecule has 90 valence electrons. The second-order valence-electron chi connectivity index (χ2n) is 3.90. The predicted octanol–water partition coefficient (Wildman–Crippen LogP) is 2.55. The fourth-order valence-electron chi connectivity index (χ4n) is 1.46. The molecule has 2 heterocycles. The molecule has 0 bridgehead atoms. The minimum atomic E-state index is 0.796. The average Bonchev–Trinajstić information content (AvgIpc) is 2.35. The largest absolute Gasteiger partial charge is 0.252 e. The Morgan fingerprint density at radius 3 is 1.61 bits per heavy atom. The molecule has 0 atom stereocenters. The highest BCUT2D eigenvalue weighted by Gasteiger charge is 1.90. The molecule has 0 amide bonds. The van der Waals surface area contributed by atoms with E-state index < -0.39 is 0 Å². The van der Waals surface area contributed by atoms with Crippen LogP contribution in [0, 0.1) is 13.8 Å². The van der Waals surface area contributed by atoms with Crippen molar-refractivity contribution in [2.24, 2.45) is 10.2 Å². The van der Waals surface area contributed by atoms with Crippen LogP contribution in [-0.2, 0) is 0 Å². The van der Waals surface area contributed by atoms with Crippen molar-refractivity contribution in [3.63, 3.8) is 0 Å². The molecule has 4 heteroatoms. The van der Waals surface area contributed by atoms with Crippen molar-refractivity contribution < 1.29 is 0 Å². The monoisotopic (exact) mass is 238 g/mol. The van der Waals surface area contributed by atoms with E-state index in [0.29, 0.717) is 0 Å². The maximum atomic E-state index is 4.29. The van der Waals surface area contributed by atoms with Gasteiger partial charge in [0, 0.05) is 11.4 Å². The standard InChI is InChI=1S/C14H14N4/c1-11-5-3-7-13(17-11)9-15-16-10-14-8-4-6-12(2)18-14/h3-10H,1-2H3. The summed E-state index contributed by atoms with van der Waals surface area (Å²) in [4.78, 5) is 8.59. The zero-order chi connectivity index (χ0) is 12.8. The molecule has 0 saturated carbocycles. The first kappa shape index (κ1) is 12.1. The van der Waals surface area contributed by atoms with Gasteiger partial charge in [-0.1, -0.05) is 12.1 Å². The summed E-state index contributed by atoms with van der Waals surface area (Å²) >= 11 is 0. The van der Waals surface area contributed by atoms with E-state index in [2.05, 4.69) is 20.2 Å². The molecule has 0 N–H and O–H groups in total. The number of aryl methyl sites for hydroxylation is 2. The van der Waals surface area contributed by atoms with Crippen LogP contribution in [0.15, 0.2) is 46.6 Å². The van der Waals surface area contributed by atoms with Crippen molar-refractivity contribution >= 4 is 12.4 Å². The van der Waals surface area contributed by atoms with Gasteiger partial charge in [0.05, 0.1) is 23.8 Å². The van der Waals surface area contributed by atoms with E-state index in [-0.39, 0.29) is 0 Å². The third-order valence-corrected chi connectivity index (χ3v) is 2.27. The lowest BCUT2D eigenvalue weighted by atomic mass is 10.3. The number of pyridine rings is 2. The lowest BCUT2D eigenvalue weighted by Crippen LogP contribution is -1.90. The van der Waals surface area contributed by atoms with E-state index in [0.717, 1.165) is 22.8 Å². The molecule has 0 spiro atoms. The Labute approximate surface area is 106 Å². The smallest absolute Gasteiger partial charge is 0.0834 e. The first-order valence-corrected chi connectivity index (χ1v) is 5.68. The molecule has 2 aromatic heterocycles. The number of aromatic nitrogens is 2. The van der Waals surface area contributed by atoms with Gasteiger partial charge in [-0.2, -0.15) is 10.2 Å². The summed E-state index contributed by atoms with van der Waals surface area (Å²) < 4.78 is 0. The highest BCUT2D eigenvalue weighted by molar-refractivity contribution is 5.80. The van der Waals surface area contributed by atoms with E-state index in [4.69, 9.17) is 0 Å². The van der Waals surface area contributed by atoms with Gasteiger partial charge in [0.25, 0.3) is 0 Å². The zero-order valence-corrected chi connectivity index (χ0v) is 10.4. The van der Waals surface area contributed by atoms with Gasteiger partial charge < -0.3 is 0 Å². The van der Waals surface area contributed by atoms with Crippen molar-refractivity contribution in [3.8, 4) is 0 Å². The maximum Gasteiger partial charge on any atom is 0.0834 e. The number of nitrogens with zero attached hydrogens (tertiary/aromatic N) is 4. The van der Waals surface area contributed by atoms with Gasteiger partial charge in [0.15, 0.2) is 0 Å². The lowest BCUT2D eigenvalue weighted by Gasteiger charge is -1.93. The summed E-state index contributed by atoms with van der Waals surface area (Å²) in [5.74, 6) is 0. The molecular weight excluding hydrogens is 224 g/mol. The van der Waals surface area contributed by atoms with Crippen molar-refractivity contribution in [1.29, 1.82) is 0 Å². The lowest BCUT2D eigenvalue weighted by molar-refractivity contribution is 1.16. The van der Waals surface area contributed by atoms with Gasteiger partial charge in [0.2, 0.25) is 0 Å². The van der Waals surface area contributed by atoms with Crippen molar-refractivity contribution in [1.82, 2.24) is 9.97 Å². The predicted molar refractivity (Wildman–Crippen MR) is 73.1 cm³/mol. The molecule has 0 radical (unpaired) electrons. The van der Waals surface area contributed by atoms with Gasteiger partial charge in [-0.05, 0) is 38.1 Å². The fraction of sp³-hybridized carbons (Fsp3) is 0.143. The number of rotatable bonds is 3. The van der Waals surface area contributed by atoms with Gasteiger partial charge >= 0.3 is 0 Å². The summed E-state index contributed by atoms with van der Waals surface area (Å²) in [6, 6.07) is 11.5. The van der Waals surface area contributed by atoms with Crippen LogP contribution in [0.3, 0.4) is 0 Å². The van der Waals surface area contributed by atoms with E-state index in [1.165, 1.54) is 0 Å². The highest BCUT2D eigenvalue weighted by Crippen LogP contribution is 1.96. The number of hydrogen-bond donors (Lipinski definition) is 0. The third-order valence-electron chi connectivity index (χ3n) is 2.27. The van der Waals surface area contributed by atoms with Crippen LogP contribution in [0.4, 0.5) is 0 Å². The van der Waals surface area contributed by atoms with E-state index in [9.17, 15) is 0 Å². The van der Waals surface area contributed by atoms with Crippen molar-refractivity contribution in [3.05, 3.63) is 59.2 Å². The third kappa shape index (κ3) is 3.59. The molecule has 0 aliphatic heterocycles. The van der Waals surface area contributed by atoms with Crippen molar-refractivity contribution in [2.45, 2.75) is 13.8 Å². The summed E-state index contributed by atoms with van der Waals surface area (Å²) in [5, 5.41) is 7.90. The topological polar surface area (TPSA) is 50.5 Å². The Bertz CT molecular complexity index is 534. The van der Waals surface area contributed by atoms with Crippen LogP contribution in [0.5, 0.6) is 0 Å². The Kier molecular flexibility index (Phi) is 3.91. The van der Waals surface area contributed by atoms with Gasteiger partial charge in [0.1, 0.15) is 0 Å². The molecule has 0 fully saturated rings. The second-order valence-corrected chi connectivity index (χ2v) is 3.90. The van der Waals surface area contributed by atoms with Gasteiger partial charge in [-0.15, -0.1) is 0 Å². The Morgan fingerprint density at radius 1 is 0.778 bits per heavy atom. The first-order valence-electron chi connectivity index (χ1n) is 5.68. The van der Waals surface area contributed by atoms with E-state index in [1.807, 2.05) is 50.2 Å². The van der Waals surface area contributed by atoms with Crippen LogP contribution in [0.2, 0.25) is 0 Å². The molecule has 2 aromatic rings. The molecule has 0 unspecified atom stereocenters. The minimum Gasteiger partial charge on any atom is -0.252 e. The molecule has 0 saturated heterocycles. The SMILES string of the molecule is Cc1cccc(C=NN=Cc2cccc(C)n2)n1. The first-order chi connectivity index (χ1) is 8.74. The molecule has 4 nitrogen and oxygen atoms in total. The second kappa shape index (κ2) is 5.82. The summed E-state index contributed by atoms with van der Waals surface area (Å²) in [6.07, 6.45) is 3.25. The average molecular weight is 238 g/mol. The Hall–Kier alpha value is -2.36. The highest BCUT2D eigenvalue weighted by atomic mass is 15.2. The van der Waals surface area contributed by atoms with Crippen LogP contribution in [0.25, 0.3) is 0 Å². The van der Waals surface area contributed by atoms with Crippen molar-refractivity contribution in [2.75, 3.05) is 0 Å². The van der Waals surface area contributed by atoms with Crippen LogP contribution < -0.4 is 0 Å².